The molecule has 1 aliphatic carbocycles. The zero-order chi connectivity index (χ0) is 33.2. The number of methoxy groups -OCH3 is 1. The van der Waals surface area contributed by atoms with Crippen molar-refractivity contribution < 1.29 is 23.9 Å². The van der Waals surface area contributed by atoms with E-state index in [4.69, 9.17) is 21.1 Å². The molecule has 0 bridgehead atoms. The number of thiophene rings is 1. The summed E-state index contributed by atoms with van der Waals surface area (Å²) >= 11 is 8.26. The van der Waals surface area contributed by atoms with Crippen LogP contribution in [-0.4, -0.2) is 59.4 Å². The van der Waals surface area contributed by atoms with Gasteiger partial charge in [0.1, 0.15) is 16.2 Å². The van der Waals surface area contributed by atoms with E-state index < -0.39 is 5.60 Å². The topological polar surface area (TPSA) is 76.2 Å². The van der Waals surface area contributed by atoms with E-state index in [9.17, 15) is 14.4 Å². The Labute approximate surface area is 280 Å². The lowest BCUT2D eigenvalue weighted by Gasteiger charge is -2.40. The summed E-state index contributed by atoms with van der Waals surface area (Å²) in [5, 5.41) is 1.34. The molecule has 3 aromatic carbocycles. The van der Waals surface area contributed by atoms with E-state index in [-0.39, 0.29) is 29.9 Å². The molecule has 1 aromatic heterocycles. The normalized spacial score (nSPS) is 16.6. The van der Waals surface area contributed by atoms with Crippen molar-refractivity contribution in [1.82, 2.24) is 9.80 Å². The molecule has 1 fully saturated rings. The van der Waals surface area contributed by atoms with Crippen molar-refractivity contribution in [2.24, 2.45) is 0 Å². The molecule has 0 atom stereocenters. The van der Waals surface area contributed by atoms with Crippen LogP contribution >= 0.6 is 22.9 Å². The van der Waals surface area contributed by atoms with Crippen LogP contribution in [0.1, 0.15) is 79.0 Å². The van der Waals surface area contributed by atoms with Gasteiger partial charge in [-0.15, -0.1) is 11.3 Å². The Morgan fingerprint density at radius 1 is 0.913 bits per heavy atom. The minimum absolute atomic E-state index is 0.0167. The number of hydrogen-bond donors (Lipinski definition) is 0. The number of hydrogen-bond acceptors (Lipinski definition) is 6. The third-order valence-corrected chi connectivity index (χ3v) is 10.2. The molecule has 1 aliphatic rings. The van der Waals surface area contributed by atoms with Gasteiger partial charge in [-0.05, 0) is 82.7 Å². The first-order chi connectivity index (χ1) is 21.9. The second kappa shape index (κ2) is 13.9. The molecule has 242 valence electrons. The summed E-state index contributed by atoms with van der Waals surface area (Å²) in [6.07, 6.45) is 2.59. The van der Waals surface area contributed by atoms with Crippen molar-refractivity contribution >= 4 is 50.8 Å². The SMILES string of the molecule is COc1ccc(-c2ccc(C(C)=O)cc2)cc1CN(C(=O)c1sc2ccccc2c1Cl)C1CCC(N(C)C(=O)OC(C)(C)C)CC1. The Bertz CT molecular complexity index is 1730. The van der Waals surface area contributed by atoms with Gasteiger partial charge in [0.05, 0.1) is 12.1 Å². The van der Waals surface area contributed by atoms with Crippen molar-refractivity contribution in [3.8, 4) is 16.9 Å². The second-order valence-corrected chi connectivity index (χ2v) is 14.3. The fraction of sp³-hybridized carbons (Fsp3) is 0.378. The standard InChI is InChI=1S/C37H41ClN2O5S/c1-23(41)24-11-13-25(14-12-24)26-15-20-31(44-6)27(21-26)22-40(35(42)34-33(38)30-9-7-8-10-32(30)46-34)29-18-16-28(17-19-29)39(5)36(43)45-37(2,3)4/h7-15,20-21,28-29H,16-19,22H2,1-6H3. The van der Waals surface area contributed by atoms with E-state index in [0.717, 1.165) is 52.5 Å². The molecule has 0 N–H and O–H groups in total. The highest BCUT2D eigenvalue weighted by atomic mass is 35.5. The number of nitrogens with zero attached hydrogens (tertiary/aromatic N) is 2. The van der Waals surface area contributed by atoms with Crippen LogP contribution in [0.15, 0.2) is 66.7 Å². The monoisotopic (exact) mass is 660 g/mol. The molecule has 4 aromatic rings. The van der Waals surface area contributed by atoms with E-state index in [2.05, 4.69) is 6.07 Å². The number of rotatable bonds is 8. The first kappa shape index (κ1) is 33.5. The maximum atomic E-state index is 14.5. The largest absolute Gasteiger partial charge is 0.496 e. The molecular weight excluding hydrogens is 620 g/mol. The molecule has 2 amide bonds. The number of amides is 2. The van der Waals surface area contributed by atoms with E-state index in [1.807, 2.05) is 86.3 Å². The molecule has 1 saturated carbocycles. The van der Waals surface area contributed by atoms with E-state index >= 15 is 0 Å². The van der Waals surface area contributed by atoms with Gasteiger partial charge < -0.3 is 19.3 Å². The van der Waals surface area contributed by atoms with Crippen molar-refractivity contribution in [3.63, 3.8) is 0 Å². The Morgan fingerprint density at radius 3 is 2.15 bits per heavy atom. The molecule has 46 heavy (non-hydrogen) atoms. The number of ketones is 1. The van der Waals surface area contributed by atoms with Crippen molar-refractivity contribution in [1.29, 1.82) is 0 Å². The lowest BCUT2D eigenvalue weighted by Crippen LogP contribution is -2.47. The number of ether oxygens (including phenoxy) is 2. The highest BCUT2D eigenvalue weighted by Crippen LogP contribution is 2.39. The van der Waals surface area contributed by atoms with Gasteiger partial charge in [0.2, 0.25) is 0 Å². The van der Waals surface area contributed by atoms with E-state index in [0.29, 0.717) is 27.8 Å². The first-order valence-corrected chi connectivity index (χ1v) is 16.8. The fourth-order valence-corrected chi connectivity index (χ4v) is 7.52. The molecule has 0 saturated heterocycles. The molecule has 9 heteroatoms. The Morgan fingerprint density at radius 2 is 1.54 bits per heavy atom. The van der Waals surface area contributed by atoms with Crippen LogP contribution in [0.4, 0.5) is 4.79 Å². The van der Waals surface area contributed by atoms with Gasteiger partial charge in [0, 0.05) is 46.9 Å². The van der Waals surface area contributed by atoms with Crippen LogP contribution in [0.25, 0.3) is 21.2 Å². The van der Waals surface area contributed by atoms with Crippen LogP contribution in [0, 0.1) is 0 Å². The van der Waals surface area contributed by atoms with E-state index in [1.165, 1.54) is 11.3 Å². The fourth-order valence-electron chi connectivity index (χ4n) is 6.05. The quantitative estimate of drug-likeness (QED) is 0.176. The van der Waals surface area contributed by atoms with Crippen molar-refractivity contribution in [2.75, 3.05) is 14.2 Å². The molecule has 0 radical (unpaired) electrons. The summed E-state index contributed by atoms with van der Waals surface area (Å²) < 4.78 is 12.4. The Kier molecular flexibility index (Phi) is 10.1. The van der Waals surface area contributed by atoms with Gasteiger partial charge >= 0.3 is 6.09 Å². The molecule has 1 heterocycles. The minimum atomic E-state index is -0.571. The van der Waals surface area contributed by atoms with Gasteiger partial charge in [0.15, 0.2) is 5.78 Å². The maximum Gasteiger partial charge on any atom is 0.410 e. The average Bonchev–Trinajstić information content (AvgIpc) is 3.38. The van der Waals surface area contributed by atoms with Crippen LogP contribution in [-0.2, 0) is 11.3 Å². The highest BCUT2D eigenvalue weighted by Gasteiger charge is 2.35. The molecule has 0 unspecified atom stereocenters. The summed E-state index contributed by atoms with van der Waals surface area (Å²) in [5.41, 5.74) is 2.88. The van der Waals surface area contributed by atoms with Gasteiger partial charge in [-0.2, -0.15) is 0 Å². The van der Waals surface area contributed by atoms with Crippen molar-refractivity contribution in [3.05, 3.63) is 87.8 Å². The molecular formula is C37H41ClN2O5S. The summed E-state index contributed by atoms with van der Waals surface area (Å²) in [4.78, 5) is 43.2. The summed E-state index contributed by atoms with van der Waals surface area (Å²) in [7, 11) is 3.42. The summed E-state index contributed by atoms with van der Waals surface area (Å²) in [6, 6.07) is 21.2. The first-order valence-electron chi connectivity index (χ1n) is 15.6. The number of Topliss-reactive ketones (excluding diaryl/α,β-unsaturated/α-hetero) is 1. The van der Waals surface area contributed by atoms with Gasteiger partial charge in [0.25, 0.3) is 5.91 Å². The van der Waals surface area contributed by atoms with Crippen LogP contribution in [0.5, 0.6) is 5.75 Å². The predicted octanol–water partition coefficient (Wildman–Crippen LogP) is 9.25. The molecule has 7 nitrogen and oxygen atoms in total. The summed E-state index contributed by atoms with van der Waals surface area (Å²) in [6.45, 7) is 7.47. The maximum absolute atomic E-state index is 14.5. The highest BCUT2D eigenvalue weighted by molar-refractivity contribution is 7.21. The van der Waals surface area contributed by atoms with Gasteiger partial charge in [-0.25, -0.2) is 4.79 Å². The zero-order valence-corrected chi connectivity index (χ0v) is 28.8. The smallest absolute Gasteiger partial charge is 0.410 e. The Hall–Kier alpha value is -3.88. The zero-order valence-electron chi connectivity index (χ0n) is 27.3. The van der Waals surface area contributed by atoms with Crippen molar-refractivity contribution in [2.45, 2.75) is 77.6 Å². The Balaban J connectivity index is 1.46. The number of benzene rings is 3. The second-order valence-electron chi connectivity index (χ2n) is 12.9. The number of carbonyl (C=O) groups excluding carboxylic acids is 3. The third-order valence-electron chi connectivity index (χ3n) is 8.57. The minimum Gasteiger partial charge on any atom is -0.496 e. The summed E-state index contributed by atoms with van der Waals surface area (Å²) in [5.74, 6) is 0.583. The number of carbonyl (C=O) groups is 3. The average molecular weight is 661 g/mol. The molecule has 0 spiro atoms. The van der Waals surface area contributed by atoms with Gasteiger partial charge in [-0.3, -0.25) is 9.59 Å². The third kappa shape index (κ3) is 7.39. The van der Waals surface area contributed by atoms with Crippen LogP contribution < -0.4 is 4.74 Å². The molecule has 5 rings (SSSR count). The lowest BCUT2D eigenvalue weighted by atomic mass is 9.89. The van der Waals surface area contributed by atoms with Gasteiger partial charge in [-0.1, -0.05) is 60.1 Å². The van der Waals surface area contributed by atoms with Crippen LogP contribution in [0.2, 0.25) is 5.02 Å². The lowest BCUT2D eigenvalue weighted by molar-refractivity contribution is 0.0144. The molecule has 0 aliphatic heterocycles. The van der Waals surface area contributed by atoms with E-state index in [1.54, 1.807) is 26.0 Å². The predicted molar refractivity (Wildman–Crippen MR) is 185 cm³/mol. The van der Waals surface area contributed by atoms with Crippen LogP contribution in [0.3, 0.4) is 0 Å². The number of fused-ring (bicyclic) bond motifs is 1. The number of halogens is 1.